The highest BCUT2D eigenvalue weighted by Gasteiger charge is 2.41. The van der Waals surface area contributed by atoms with Crippen molar-refractivity contribution in [1.29, 1.82) is 0 Å². The molecule has 2 aliphatic rings. The molecule has 0 N–H and O–H groups in total. The molecule has 0 unspecified atom stereocenters. The van der Waals surface area contributed by atoms with Crippen LogP contribution in [0.3, 0.4) is 0 Å². The summed E-state index contributed by atoms with van der Waals surface area (Å²) in [5.41, 5.74) is 2.22. The number of nitrogens with zero attached hydrogens (tertiary/aromatic N) is 2. The fourth-order valence-electron chi connectivity index (χ4n) is 3.58. The molecule has 1 saturated heterocycles. The van der Waals surface area contributed by atoms with E-state index in [9.17, 15) is 13.2 Å². The molecule has 7 heteroatoms. The van der Waals surface area contributed by atoms with Crippen LogP contribution in [0.4, 0.5) is 0 Å². The lowest BCUT2D eigenvalue weighted by molar-refractivity contribution is -0.138. The average molecular weight is 377 g/mol. The summed E-state index contributed by atoms with van der Waals surface area (Å²) in [6.07, 6.45) is 0.808. The fourth-order valence-corrected chi connectivity index (χ4v) is 5.11. The Morgan fingerprint density at radius 1 is 1.04 bits per heavy atom. The van der Waals surface area contributed by atoms with Gasteiger partial charge in [0.05, 0.1) is 17.5 Å². The lowest BCUT2D eigenvalue weighted by atomic mass is 9.91. The van der Waals surface area contributed by atoms with Crippen molar-refractivity contribution in [1.82, 2.24) is 9.21 Å². The van der Waals surface area contributed by atoms with Gasteiger partial charge in [0.1, 0.15) is 0 Å². The van der Waals surface area contributed by atoms with E-state index in [4.69, 9.17) is 11.6 Å². The number of piperazine rings is 1. The van der Waals surface area contributed by atoms with Crippen LogP contribution in [-0.2, 0) is 21.2 Å². The van der Waals surface area contributed by atoms with E-state index in [-0.39, 0.29) is 29.9 Å². The quantitative estimate of drug-likeness (QED) is 0.809. The number of fused-ring (bicyclic) bond motifs is 3. The first-order chi connectivity index (χ1) is 12.0. The Kier molecular flexibility index (Phi) is 4.06. The molecule has 1 amide bonds. The molecule has 4 rings (SSSR count). The highest BCUT2D eigenvalue weighted by molar-refractivity contribution is 7.89. The second-order valence-corrected chi connectivity index (χ2v) is 8.68. The van der Waals surface area contributed by atoms with Gasteiger partial charge in [-0.1, -0.05) is 35.9 Å². The molecular weight excluding hydrogens is 360 g/mol. The minimum Gasteiger partial charge on any atom is -0.333 e. The smallest absolute Gasteiger partial charge is 0.243 e. The van der Waals surface area contributed by atoms with Crippen LogP contribution >= 0.6 is 11.6 Å². The van der Waals surface area contributed by atoms with E-state index in [2.05, 4.69) is 0 Å². The number of sulfonamides is 1. The van der Waals surface area contributed by atoms with Crippen molar-refractivity contribution in [3.8, 4) is 0 Å². The molecule has 1 fully saturated rings. The maximum atomic E-state index is 12.9. The largest absolute Gasteiger partial charge is 0.333 e. The van der Waals surface area contributed by atoms with Gasteiger partial charge in [-0.2, -0.15) is 4.31 Å². The van der Waals surface area contributed by atoms with Gasteiger partial charge in [0.25, 0.3) is 0 Å². The maximum Gasteiger partial charge on any atom is 0.243 e. The van der Waals surface area contributed by atoms with Gasteiger partial charge >= 0.3 is 0 Å². The topological polar surface area (TPSA) is 57.7 Å². The molecule has 2 aromatic rings. The number of hydrogen-bond donors (Lipinski definition) is 0. The van der Waals surface area contributed by atoms with E-state index in [0.717, 1.165) is 12.0 Å². The third-order valence-electron chi connectivity index (χ3n) is 4.87. The molecule has 0 bridgehead atoms. The molecule has 0 aliphatic carbocycles. The van der Waals surface area contributed by atoms with Crippen molar-refractivity contribution in [3.05, 3.63) is 64.7 Å². The number of carbonyl (C=O) groups is 1. The molecule has 1 atom stereocenters. The zero-order valence-electron chi connectivity index (χ0n) is 13.4. The van der Waals surface area contributed by atoms with Gasteiger partial charge in [0, 0.05) is 18.1 Å². The highest BCUT2D eigenvalue weighted by atomic mass is 35.5. The SMILES string of the molecule is O=C1CN(S(=O)(=O)c2ccc(Cl)cc2)C[C@@H]2c3ccccc3CCN12. The third kappa shape index (κ3) is 2.84. The van der Waals surface area contributed by atoms with Gasteiger partial charge in [-0.15, -0.1) is 0 Å². The van der Waals surface area contributed by atoms with Gasteiger partial charge in [0.15, 0.2) is 0 Å². The number of halogens is 1. The Labute approximate surface area is 151 Å². The molecule has 0 aromatic heterocycles. The standard InChI is InChI=1S/C18H17ClN2O3S/c19-14-5-7-15(8-6-14)25(23,24)20-11-17-16-4-2-1-3-13(16)9-10-21(17)18(22)12-20/h1-8,17H,9-12H2/t17-/m1/s1. The van der Waals surface area contributed by atoms with Gasteiger partial charge < -0.3 is 4.90 Å². The van der Waals surface area contributed by atoms with Crippen LogP contribution in [0, 0.1) is 0 Å². The Hall–Kier alpha value is -1.89. The lowest BCUT2D eigenvalue weighted by Crippen LogP contribution is -2.55. The predicted molar refractivity (Wildman–Crippen MR) is 94.8 cm³/mol. The molecule has 5 nitrogen and oxygen atoms in total. The first-order valence-electron chi connectivity index (χ1n) is 8.10. The van der Waals surface area contributed by atoms with E-state index in [1.165, 1.54) is 22.0 Å². The second kappa shape index (κ2) is 6.12. The first kappa shape index (κ1) is 16.6. The molecule has 2 aromatic carbocycles. The van der Waals surface area contributed by atoms with Crippen LogP contribution < -0.4 is 0 Å². The first-order valence-corrected chi connectivity index (χ1v) is 9.91. The van der Waals surface area contributed by atoms with E-state index in [1.54, 1.807) is 17.0 Å². The van der Waals surface area contributed by atoms with Crippen molar-refractivity contribution < 1.29 is 13.2 Å². The van der Waals surface area contributed by atoms with E-state index in [1.807, 2.05) is 24.3 Å². The van der Waals surface area contributed by atoms with Crippen molar-refractivity contribution >= 4 is 27.5 Å². The van der Waals surface area contributed by atoms with Crippen molar-refractivity contribution in [3.63, 3.8) is 0 Å². The average Bonchev–Trinajstić information content (AvgIpc) is 2.62. The summed E-state index contributed by atoms with van der Waals surface area (Å²) in [4.78, 5) is 14.5. The van der Waals surface area contributed by atoms with Gasteiger partial charge in [-0.05, 0) is 41.8 Å². The number of carbonyl (C=O) groups excluding carboxylic acids is 1. The minimum atomic E-state index is -3.74. The summed E-state index contributed by atoms with van der Waals surface area (Å²) in [5, 5.41) is 0.473. The van der Waals surface area contributed by atoms with Gasteiger partial charge in [-0.3, -0.25) is 4.79 Å². The van der Waals surface area contributed by atoms with Gasteiger partial charge in [0.2, 0.25) is 15.9 Å². The van der Waals surface area contributed by atoms with E-state index in [0.29, 0.717) is 11.6 Å². The normalized spacial score (nSPS) is 20.9. The number of benzene rings is 2. The zero-order valence-corrected chi connectivity index (χ0v) is 15.0. The van der Waals surface area contributed by atoms with Crippen LogP contribution in [0.1, 0.15) is 17.2 Å². The summed E-state index contributed by atoms with van der Waals surface area (Å²) in [5.74, 6) is -0.150. The van der Waals surface area contributed by atoms with Crippen LogP contribution in [0.15, 0.2) is 53.4 Å². The lowest BCUT2D eigenvalue weighted by Gasteiger charge is -2.44. The molecule has 2 heterocycles. The van der Waals surface area contributed by atoms with Crippen molar-refractivity contribution in [2.24, 2.45) is 0 Å². The molecule has 130 valence electrons. The summed E-state index contributed by atoms with van der Waals surface area (Å²) >= 11 is 5.85. The Morgan fingerprint density at radius 3 is 2.52 bits per heavy atom. The zero-order chi connectivity index (χ0) is 17.6. The minimum absolute atomic E-state index is 0.121. The fraction of sp³-hybridized carbons (Fsp3) is 0.278. The predicted octanol–water partition coefficient (Wildman–Crippen LogP) is 2.47. The van der Waals surface area contributed by atoms with Crippen LogP contribution in [-0.4, -0.2) is 43.2 Å². The Balaban J connectivity index is 1.70. The van der Waals surface area contributed by atoms with Crippen LogP contribution in [0.25, 0.3) is 0 Å². The van der Waals surface area contributed by atoms with Crippen LogP contribution in [0.5, 0.6) is 0 Å². The van der Waals surface area contributed by atoms with E-state index >= 15 is 0 Å². The molecular formula is C18H17ClN2O3S. The number of hydrogen-bond acceptors (Lipinski definition) is 3. The molecule has 0 radical (unpaired) electrons. The molecule has 0 spiro atoms. The monoisotopic (exact) mass is 376 g/mol. The van der Waals surface area contributed by atoms with E-state index < -0.39 is 10.0 Å². The summed E-state index contributed by atoms with van der Waals surface area (Å²) in [7, 11) is -3.74. The highest BCUT2D eigenvalue weighted by Crippen LogP contribution is 2.34. The van der Waals surface area contributed by atoms with Crippen molar-refractivity contribution in [2.45, 2.75) is 17.4 Å². The molecule has 25 heavy (non-hydrogen) atoms. The summed E-state index contributed by atoms with van der Waals surface area (Å²) in [6.45, 7) is 0.784. The number of rotatable bonds is 2. The summed E-state index contributed by atoms with van der Waals surface area (Å²) < 4.78 is 27.2. The summed E-state index contributed by atoms with van der Waals surface area (Å²) in [6, 6.07) is 13.7. The van der Waals surface area contributed by atoms with Crippen LogP contribution in [0.2, 0.25) is 5.02 Å². The molecule has 0 saturated carbocycles. The second-order valence-electron chi connectivity index (χ2n) is 6.30. The Bertz CT molecular complexity index is 928. The van der Waals surface area contributed by atoms with Gasteiger partial charge in [-0.25, -0.2) is 8.42 Å². The molecule has 2 aliphatic heterocycles. The number of amides is 1. The Morgan fingerprint density at radius 2 is 1.76 bits per heavy atom. The third-order valence-corrected chi connectivity index (χ3v) is 6.95. The van der Waals surface area contributed by atoms with Crippen molar-refractivity contribution in [2.75, 3.05) is 19.6 Å². The maximum absolute atomic E-state index is 12.9.